The number of para-hydroxylation sites is 1. The van der Waals surface area contributed by atoms with Crippen molar-refractivity contribution in [3.8, 4) is 0 Å². The number of halogens is 2. The number of hydrogen-bond donors (Lipinski definition) is 0. The van der Waals surface area contributed by atoms with E-state index in [0.717, 1.165) is 10.0 Å². The minimum atomic E-state index is -0.134. The molecule has 0 fully saturated rings. The second kappa shape index (κ2) is 5.13. The van der Waals surface area contributed by atoms with Gasteiger partial charge in [-0.15, -0.1) is 0 Å². The second-order valence-corrected chi connectivity index (χ2v) is 7.05. The molecule has 3 rings (SSSR count). The van der Waals surface area contributed by atoms with Crippen LogP contribution in [0.15, 0.2) is 46.9 Å². The molecule has 0 radical (unpaired) electrons. The first-order valence-electron chi connectivity index (χ1n) is 7.20. The smallest absolute Gasteiger partial charge is 0.127 e. The Kier molecular flexibility index (Phi) is 3.56. The van der Waals surface area contributed by atoms with E-state index < -0.39 is 0 Å². The largest absolute Gasteiger partial charge is 0.371 e. The van der Waals surface area contributed by atoms with E-state index in [-0.39, 0.29) is 11.2 Å². The van der Waals surface area contributed by atoms with Crippen LogP contribution in [0.3, 0.4) is 0 Å². The number of anilines is 1. The van der Waals surface area contributed by atoms with Crippen molar-refractivity contribution in [3.63, 3.8) is 0 Å². The Morgan fingerprint density at radius 2 is 1.95 bits per heavy atom. The van der Waals surface area contributed by atoms with Gasteiger partial charge in [-0.3, -0.25) is 0 Å². The Morgan fingerprint density at radius 3 is 2.67 bits per heavy atom. The number of benzene rings is 2. The van der Waals surface area contributed by atoms with Crippen LogP contribution in [0.25, 0.3) is 0 Å². The molecule has 0 bridgehead atoms. The van der Waals surface area contributed by atoms with Crippen LogP contribution in [0.4, 0.5) is 10.1 Å². The van der Waals surface area contributed by atoms with E-state index in [0.29, 0.717) is 12.5 Å². The van der Waals surface area contributed by atoms with Crippen molar-refractivity contribution in [2.75, 3.05) is 11.9 Å². The molecule has 1 aliphatic heterocycles. The Hall–Kier alpha value is -1.35. The fourth-order valence-corrected chi connectivity index (χ4v) is 3.76. The van der Waals surface area contributed by atoms with Crippen LogP contribution in [0, 0.1) is 5.82 Å². The molecule has 0 N–H and O–H groups in total. The zero-order chi connectivity index (χ0) is 15.2. The topological polar surface area (TPSA) is 3.24 Å². The van der Waals surface area contributed by atoms with E-state index in [9.17, 15) is 4.39 Å². The van der Waals surface area contributed by atoms with Crippen molar-refractivity contribution in [1.82, 2.24) is 0 Å². The lowest BCUT2D eigenvalue weighted by molar-refractivity contribution is 0.403. The van der Waals surface area contributed by atoms with Gasteiger partial charge in [0.25, 0.3) is 0 Å². The van der Waals surface area contributed by atoms with E-state index in [2.05, 4.69) is 66.0 Å². The summed E-state index contributed by atoms with van der Waals surface area (Å²) in [5.41, 5.74) is 3.25. The number of likely N-dealkylation sites (N-methyl/N-ethyl adjacent to an activating group) is 1. The Balaban J connectivity index is 2.04. The summed E-state index contributed by atoms with van der Waals surface area (Å²) in [5.74, 6) is -0.134. The highest BCUT2D eigenvalue weighted by atomic mass is 79.9. The van der Waals surface area contributed by atoms with Gasteiger partial charge >= 0.3 is 0 Å². The van der Waals surface area contributed by atoms with Gasteiger partial charge in [0.1, 0.15) is 5.82 Å². The van der Waals surface area contributed by atoms with Crippen LogP contribution in [0.2, 0.25) is 0 Å². The highest BCUT2D eigenvalue weighted by Gasteiger charge is 2.43. The molecule has 1 heterocycles. The molecule has 0 amide bonds. The van der Waals surface area contributed by atoms with Crippen molar-refractivity contribution in [2.24, 2.45) is 0 Å². The normalized spacial score (nSPS) is 24.2. The fourth-order valence-electron chi connectivity index (χ4n) is 3.43. The van der Waals surface area contributed by atoms with Gasteiger partial charge in [-0.1, -0.05) is 47.1 Å². The first-order valence-corrected chi connectivity index (χ1v) is 7.99. The first kappa shape index (κ1) is 14.6. The highest BCUT2D eigenvalue weighted by Crippen LogP contribution is 2.46. The summed E-state index contributed by atoms with van der Waals surface area (Å²) in [4.78, 5) is 2.30. The molecular weight excluding hydrogens is 329 g/mol. The lowest BCUT2D eigenvalue weighted by Gasteiger charge is -2.33. The third-order valence-electron chi connectivity index (χ3n) is 4.98. The summed E-state index contributed by atoms with van der Waals surface area (Å²) < 4.78 is 15.0. The molecule has 3 heteroatoms. The highest BCUT2D eigenvalue weighted by molar-refractivity contribution is 9.10. The molecule has 2 aromatic carbocycles. The zero-order valence-corrected chi connectivity index (χ0v) is 14.1. The minimum Gasteiger partial charge on any atom is -0.371 e. The van der Waals surface area contributed by atoms with E-state index in [1.165, 1.54) is 11.3 Å². The number of fused-ring (bicyclic) bond motifs is 1. The summed E-state index contributed by atoms with van der Waals surface area (Å²) >= 11 is 3.32. The number of rotatable bonds is 2. The van der Waals surface area contributed by atoms with Crippen LogP contribution in [0.1, 0.15) is 25.0 Å². The maximum Gasteiger partial charge on any atom is 0.127 e. The van der Waals surface area contributed by atoms with E-state index in [1.807, 2.05) is 12.1 Å². The predicted octanol–water partition coefficient (Wildman–Crippen LogP) is 4.93. The van der Waals surface area contributed by atoms with Crippen molar-refractivity contribution in [3.05, 3.63) is 63.9 Å². The molecule has 0 saturated carbocycles. The van der Waals surface area contributed by atoms with Gasteiger partial charge in [0.15, 0.2) is 0 Å². The summed E-state index contributed by atoms with van der Waals surface area (Å²) in [6.45, 7) is 4.46. The molecular formula is C18H19BrFN. The maximum absolute atomic E-state index is 14.2. The number of hydrogen-bond acceptors (Lipinski definition) is 1. The second-order valence-electron chi connectivity index (χ2n) is 6.13. The van der Waals surface area contributed by atoms with E-state index in [1.54, 1.807) is 6.07 Å². The molecule has 21 heavy (non-hydrogen) atoms. The van der Waals surface area contributed by atoms with E-state index in [4.69, 9.17) is 0 Å². The van der Waals surface area contributed by atoms with Crippen molar-refractivity contribution < 1.29 is 4.39 Å². The standard InChI is InChI=1S/C18H19BrFN/c1-12-18(2,11-13-8-9-14(19)10-16(13)20)15-6-4-5-7-17(15)21(12)3/h4-10,12H,11H2,1-3H3. The molecule has 0 aromatic heterocycles. The molecule has 0 spiro atoms. The van der Waals surface area contributed by atoms with Crippen LogP contribution in [0.5, 0.6) is 0 Å². The average molecular weight is 348 g/mol. The lowest BCUT2D eigenvalue weighted by atomic mass is 9.74. The maximum atomic E-state index is 14.2. The van der Waals surface area contributed by atoms with Gasteiger partial charge in [-0.25, -0.2) is 4.39 Å². The van der Waals surface area contributed by atoms with Gasteiger partial charge < -0.3 is 4.90 Å². The molecule has 1 aliphatic rings. The zero-order valence-electron chi connectivity index (χ0n) is 12.5. The van der Waals surface area contributed by atoms with Crippen LogP contribution in [-0.4, -0.2) is 13.1 Å². The van der Waals surface area contributed by atoms with Crippen molar-refractivity contribution in [1.29, 1.82) is 0 Å². The van der Waals surface area contributed by atoms with Gasteiger partial charge in [-0.2, -0.15) is 0 Å². The lowest BCUT2D eigenvalue weighted by Crippen LogP contribution is -2.40. The first-order chi connectivity index (χ1) is 9.93. The molecule has 0 saturated heterocycles. The monoisotopic (exact) mass is 347 g/mol. The molecule has 0 aliphatic carbocycles. The summed E-state index contributed by atoms with van der Waals surface area (Å²) in [7, 11) is 2.12. The third kappa shape index (κ3) is 2.28. The molecule has 2 atom stereocenters. The summed E-state index contributed by atoms with van der Waals surface area (Å²) in [5, 5.41) is 0. The Labute approximate surface area is 133 Å². The Bertz CT molecular complexity index is 685. The average Bonchev–Trinajstić information content (AvgIpc) is 2.65. The summed E-state index contributed by atoms with van der Waals surface area (Å²) in [6.07, 6.45) is 0.703. The van der Waals surface area contributed by atoms with Crippen molar-refractivity contribution in [2.45, 2.75) is 31.7 Å². The minimum absolute atomic E-state index is 0.0833. The quantitative estimate of drug-likeness (QED) is 0.744. The predicted molar refractivity (Wildman–Crippen MR) is 89.5 cm³/mol. The SMILES string of the molecule is CC1N(C)c2ccccc2C1(C)Cc1ccc(Br)cc1F. The van der Waals surface area contributed by atoms with Gasteiger partial charge in [0.2, 0.25) is 0 Å². The third-order valence-corrected chi connectivity index (χ3v) is 5.47. The Morgan fingerprint density at radius 1 is 1.24 bits per heavy atom. The molecule has 1 nitrogen and oxygen atoms in total. The van der Waals surface area contributed by atoms with Gasteiger partial charge in [0, 0.05) is 28.7 Å². The van der Waals surface area contributed by atoms with Crippen LogP contribution >= 0.6 is 15.9 Å². The van der Waals surface area contributed by atoms with Gasteiger partial charge in [-0.05, 0) is 42.7 Å². The van der Waals surface area contributed by atoms with Crippen LogP contribution < -0.4 is 4.90 Å². The van der Waals surface area contributed by atoms with Crippen LogP contribution in [-0.2, 0) is 11.8 Å². The van der Waals surface area contributed by atoms with E-state index >= 15 is 0 Å². The van der Waals surface area contributed by atoms with Gasteiger partial charge in [0.05, 0.1) is 0 Å². The molecule has 2 unspecified atom stereocenters. The summed E-state index contributed by atoms with van der Waals surface area (Å²) in [6, 6.07) is 14.1. The number of nitrogens with zero attached hydrogens (tertiary/aromatic N) is 1. The van der Waals surface area contributed by atoms with Crippen molar-refractivity contribution >= 4 is 21.6 Å². The fraction of sp³-hybridized carbons (Fsp3) is 0.333. The molecule has 2 aromatic rings. The molecule has 110 valence electrons.